The number of halogens is 2. The number of fused-ring (bicyclic) bond motifs is 3. The standard InChI is InChI=1S/C15H14Cl2/c1-9-6-7-13(16)12-8-14(17)10-4-2-3-5-11(10)15(9)12/h2-5,8-9,13H,6-7H2,1H3. The summed E-state index contributed by atoms with van der Waals surface area (Å²) in [6, 6.07) is 10.4. The van der Waals surface area contributed by atoms with Gasteiger partial charge in [-0.25, -0.2) is 0 Å². The van der Waals surface area contributed by atoms with Crippen LogP contribution < -0.4 is 0 Å². The van der Waals surface area contributed by atoms with Gasteiger partial charge in [0.05, 0.1) is 5.38 Å². The normalized spacial score (nSPS) is 23.7. The van der Waals surface area contributed by atoms with E-state index in [4.69, 9.17) is 23.2 Å². The van der Waals surface area contributed by atoms with Crippen molar-refractivity contribution in [3.05, 3.63) is 46.5 Å². The summed E-state index contributed by atoms with van der Waals surface area (Å²) in [6.07, 6.45) is 2.21. The molecule has 0 radical (unpaired) electrons. The van der Waals surface area contributed by atoms with Crippen LogP contribution in [0, 0.1) is 0 Å². The van der Waals surface area contributed by atoms with Gasteiger partial charge >= 0.3 is 0 Å². The highest BCUT2D eigenvalue weighted by atomic mass is 35.5. The molecule has 0 heterocycles. The van der Waals surface area contributed by atoms with Crippen LogP contribution in [0.2, 0.25) is 5.02 Å². The molecule has 0 bridgehead atoms. The number of alkyl halides is 1. The molecule has 2 unspecified atom stereocenters. The van der Waals surface area contributed by atoms with E-state index in [1.807, 2.05) is 6.07 Å². The van der Waals surface area contributed by atoms with Gasteiger partial charge < -0.3 is 0 Å². The van der Waals surface area contributed by atoms with E-state index in [9.17, 15) is 0 Å². The Morgan fingerprint density at radius 3 is 2.59 bits per heavy atom. The van der Waals surface area contributed by atoms with Crippen molar-refractivity contribution in [2.24, 2.45) is 0 Å². The molecule has 0 saturated heterocycles. The summed E-state index contributed by atoms with van der Waals surface area (Å²) in [5.41, 5.74) is 2.63. The molecular formula is C15H14Cl2. The minimum Gasteiger partial charge on any atom is -0.118 e. The number of hydrogen-bond acceptors (Lipinski definition) is 0. The third kappa shape index (κ3) is 1.75. The summed E-state index contributed by atoms with van der Waals surface area (Å²) in [5.74, 6) is 0.571. The van der Waals surface area contributed by atoms with Crippen LogP contribution in [-0.4, -0.2) is 0 Å². The van der Waals surface area contributed by atoms with Gasteiger partial charge in [0.15, 0.2) is 0 Å². The summed E-state index contributed by atoms with van der Waals surface area (Å²) >= 11 is 12.8. The van der Waals surface area contributed by atoms with Crippen molar-refractivity contribution in [2.45, 2.75) is 31.1 Å². The molecule has 2 aromatic rings. The van der Waals surface area contributed by atoms with E-state index in [1.165, 1.54) is 16.5 Å². The van der Waals surface area contributed by atoms with Crippen LogP contribution in [-0.2, 0) is 0 Å². The SMILES string of the molecule is CC1CCC(Cl)c2cc(Cl)c3ccccc3c21. The van der Waals surface area contributed by atoms with Gasteiger partial charge in [0, 0.05) is 10.4 Å². The molecule has 1 aliphatic carbocycles. The highest BCUT2D eigenvalue weighted by molar-refractivity contribution is 6.36. The molecule has 2 atom stereocenters. The molecule has 2 aromatic carbocycles. The Morgan fingerprint density at radius 2 is 1.82 bits per heavy atom. The Balaban J connectivity index is 2.41. The predicted molar refractivity (Wildman–Crippen MR) is 75.2 cm³/mol. The monoisotopic (exact) mass is 264 g/mol. The van der Waals surface area contributed by atoms with E-state index in [1.54, 1.807) is 0 Å². The van der Waals surface area contributed by atoms with Gasteiger partial charge in [-0.05, 0) is 41.3 Å². The first-order chi connectivity index (χ1) is 8.18. The second-order valence-corrected chi connectivity index (χ2v) is 5.79. The van der Waals surface area contributed by atoms with Gasteiger partial charge in [-0.1, -0.05) is 42.8 Å². The summed E-state index contributed by atoms with van der Waals surface area (Å²) in [6.45, 7) is 2.28. The highest BCUT2D eigenvalue weighted by Crippen LogP contribution is 2.45. The minimum absolute atomic E-state index is 0.114. The summed E-state index contributed by atoms with van der Waals surface area (Å²) < 4.78 is 0. The molecule has 0 fully saturated rings. The number of hydrogen-bond donors (Lipinski definition) is 0. The second-order valence-electron chi connectivity index (χ2n) is 4.85. The Hall–Kier alpha value is -0.720. The average Bonchev–Trinajstić information content (AvgIpc) is 2.34. The largest absolute Gasteiger partial charge is 0.118 e. The Bertz CT molecular complexity index is 574. The molecule has 88 valence electrons. The fourth-order valence-corrected chi connectivity index (χ4v) is 3.47. The van der Waals surface area contributed by atoms with Crippen molar-refractivity contribution < 1.29 is 0 Å². The zero-order chi connectivity index (χ0) is 12.0. The fraction of sp³-hybridized carbons (Fsp3) is 0.333. The predicted octanol–water partition coefficient (Wildman–Crippen LogP) is 5.67. The molecule has 2 heteroatoms. The lowest BCUT2D eigenvalue weighted by atomic mass is 9.81. The molecule has 0 nitrogen and oxygen atoms in total. The van der Waals surface area contributed by atoms with Crippen LogP contribution in [0.1, 0.15) is 42.2 Å². The quantitative estimate of drug-likeness (QED) is 0.538. The molecule has 0 spiro atoms. The Labute approximate surface area is 112 Å². The molecule has 1 aliphatic rings. The van der Waals surface area contributed by atoms with Crippen LogP contribution in [0.3, 0.4) is 0 Å². The lowest BCUT2D eigenvalue weighted by Gasteiger charge is -2.28. The lowest BCUT2D eigenvalue weighted by molar-refractivity contribution is 0.583. The van der Waals surface area contributed by atoms with E-state index >= 15 is 0 Å². The third-order valence-corrected chi connectivity index (χ3v) is 4.52. The first-order valence-electron chi connectivity index (χ1n) is 6.03. The van der Waals surface area contributed by atoms with Crippen LogP contribution in [0.5, 0.6) is 0 Å². The van der Waals surface area contributed by atoms with Crippen molar-refractivity contribution in [3.8, 4) is 0 Å². The minimum atomic E-state index is 0.114. The van der Waals surface area contributed by atoms with E-state index in [0.717, 1.165) is 23.3 Å². The van der Waals surface area contributed by atoms with Crippen molar-refractivity contribution in [1.82, 2.24) is 0 Å². The van der Waals surface area contributed by atoms with Gasteiger partial charge in [0.2, 0.25) is 0 Å². The summed E-state index contributed by atoms with van der Waals surface area (Å²) in [7, 11) is 0. The highest BCUT2D eigenvalue weighted by Gasteiger charge is 2.25. The van der Waals surface area contributed by atoms with Crippen molar-refractivity contribution in [2.75, 3.05) is 0 Å². The number of rotatable bonds is 0. The van der Waals surface area contributed by atoms with Crippen molar-refractivity contribution >= 4 is 34.0 Å². The maximum absolute atomic E-state index is 6.43. The zero-order valence-corrected chi connectivity index (χ0v) is 11.2. The van der Waals surface area contributed by atoms with Crippen LogP contribution in [0.15, 0.2) is 30.3 Å². The lowest BCUT2D eigenvalue weighted by Crippen LogP contribution is -2.10. The molecule has 0 amide bonds. The van der Waals surface area contributed by atoms with E-state index in [-0.39, 0.29) is 5.38 Å². The topological polar surface area (TPSA) is 0 Å². The molecule has 0 aliphatic heterocycles. The second kappa shape index (κ2) is 4.19. The Kier molecular flexibility index (Phi) is 2.80. The molecule has 17 heavy (non-hydrogen) atoms. The van der Waals surface area contributed by atoms with E-state index in [2.05, 4.69) is 31.2 Å². The van der Waals surface area contributed by atoms with Gasteiger partial charge in [-0.15, -0.1) is 11.6 Å². The van der Waals surface area contributed by atoms with E-state index in [0.29, 0.717) is 5.92 Å². The third-order valence-electron chi connectivity index (χ3n) is 3.75. The first kappa shape index (κ1) is 11.4. The van der Waals surface area contributed by atoms with Gasteiger partial charge in [0.25, 0.3) is 0 Å². The van der Waals surface area contributed by atoms with E-state index < -0.39 is 0 Å². The van der Waals surface area contributed by atoms with Gasteiger partial charge in [-0.3, -0.25) is 0 Å². The molecular weight excluding hydrogens is 251 g/mol. The maximum atomic E-state index is 6.43. The van der Waals surface area contributed by atoms with Crippen LogP contribution in [0.25, 0.3) is 10.8 Å². The molecule has 3 rings (SSSR count). The summed E-state index contributed by atoms with van der Waals surface area (Å²) in [4.78, 5) is 0. The smallest absolute Gasteiger partial charge is 0.0589 e. The van der Waals surface area contributed by atoms with Gasteiger partial charge in [-0.2, -0.15) is 0 Å². The average molecular weight is 265 g/mol. The van der Waals surface area contributed by atoms with Crippen LogP contribution >= 0.6 is 23.2 Å². The van der Waals surface area contributed by atoms with Gasteiger partial charge in [0.1, 0.15) is 0 Å². The van der Waals surface area contributed by atoms with Crippen molar-refractivity contribution in [3.63, 3.8) is 0 Å². The first-order valence-corrected chi connectivity index (χ1v) is 6.85. The molecule has 0 N–H and O–H groups in total. The Morgan fingerprint density at radius 1 is 1.12 bits per heavy atom. The van der Waals surface area contributed by atoms with Crippen LogP contribution in [0.4, 0.5) is 0 Å². The molecule has 0 aromatic heterocycles. The maximum Gasteiger partial charge on any atom is 0.0589 e. The fourth-order valence-electron chi connectivity index (χ4n) is 2.88. The zero-order valence-electron chi connectivity index (χ0n) is 9.71. The summed E-state index contributed by atoms with van der Waals surface area (Å²) in [5, 5.41) is 3.35. The van der Waals surface area contributed by atoms with Crippen molar-refractivity contribution in [1.29, 1.82) is 0 Å². The molecule has 0 saturated carbocycles. The number of benzene rings is 2.